The summed E-state index contributed by atoms with van der Waals surface area (Å²) in [5.74, 6) is -51.0. The van der Waals surface area contributed by atoms with E-state index in [9.17, 15) is 79.0 Å². The summed E-state index contributed by atoms with van der Waals surface area (Å²) in [6, 6.07) is 30.7. The van der Waals surface area contributed by atoms with Gasteiger partial charge in [-0.2, -0.15) is 79.0 Å². The topological polar surface area (TPSA) is 0 Å². The lowest BCUT2D eigenvalue weighted by atomic mass is 9.87. The lowest BCUT2D eigenvalue weighted by Gasteiger charge is -2.41. The Kier molecular flexibility index (Phi) is 11.5. The van der Waals surface area contributed by atoms with Crippen LogP contribution < -0.4 is 0 Å². The summed E-state index contributed by atoms with van der Waals surface area (Å²) in [6.45, 7) is 6.78. The maximum atomic E-state index is 12.8. The third-order valence-electron chi connectivity index (χ3n) is 6.60. The molecule has 274 valence electrons. The molecule has 0 saturated heterocycles. The molecule has 0 atom stereocenters. The second-order valence-corrected chi connectivity index (χ2v) is 13.2. The first-order valence-electron chi connectivity index (χ1n) is 13.2. The van der Waals surface area contributed by atoms with Crippen LogP contribution in [0, 0.1) is 0 Å². The van der Waals surface area contributed by atoms with Crippen LogP contribution >= 0.6 is 0 Å². The lowest BCUT2D eigenvalue weighted by molar-refractivity contribution is -0.468. The normalized spacial score (nSPS) is 14.4. The van der Waals surface area contributed by atoms with Gasteiger partial charge >= 0.3 is 47.9 Å². The predicted octanol–water partition coefficient (Wildman–Crippen LogP) is 12.0. The Balaban J connectivity index is 0.000000341. The van der Waals surface area contributed by atoms with Gasteiger partial charge < -0.3 is 0 Å². The van der Waals surface area contributed by atoms with Gasteiger partial charge in [-0.3, -0.25) is 0 Å². The molecule has 49 heavy (non-hydrogen) atoms. The van der Waals surface area contributed by atoms with E-state index < -0.39 is 47.9 Å². The summed E-state index contributed by atoms with van der Waals surface area (Å²) >= 11 is 0. The van der Waals surface area contributed by atoms with Crippen molar-refractivity contribution in [3.05, 3.63) is 90.5 Å². The molecule has 0 fully saturated rings. The van der Waals surface area contributed by atoms with Gasteiger partial charge in [0, 0.05) is 0 Å². The highest BCUT2D eigenvalue weighted by Crippen LogP contribution is 2.64. The molecule has 3 rings (SSSR count). The molecular weight excluding hydrogens is 734 g/mol. The van der Waals surface area contributed by atoms with E-state index in [4.69, 9.17) is 0 Å². The Morgan fingerprint density at radius 1 is 0.327 bits per heavy atom. The molecule has 0 heterocycles. The van der Waals surface area contributed by atoms with Gasteiger partial charge in [-0.05, 0) is 47.4 Å². The first-order chi connectivity index (χ1) is 21.8. The van der Waals surface area contributed by atoms with E-state index in [1.807, 2.05) is 0 Å². The zero-order valence-electron chi connectivity index (χ0n) is 24.8. The molecule has 0 aliphatic rings. The van der Waals surface area contributed by atoms with Crippen LogP contribution in [0.4, 0.5) is 79.0 Å². The standard InChI is InChI=1S/C22H23S.C8F18/c1-22(2,3)18-14-16-21(17-15-18)23(19-10-6-4-7-11-19)20-12-8-5-9-13-20;9-1(10,3(13,14)5(17,18)7(21,22)23)2(11,12)4(15,16)6(19,20)8(24,25)26/h4-17H,1-3H3;/q+1;. The average Bonchev–Trinajstić information content (AvgIpc) is 2.97. The number of benzene rings is 3. The van der Waals surface area contributed by atoms with Crippen LogP contribution in [0.1, 0.15) is 26.3 Å². The molecule has 0 N–H and O–H groups in total. The van der Waals surface area contributed by atoms with Crippen molar-refractivity contribution in [1.82, 2.24) is 0 Å². The fraction of sp³-hybridized carbons (Fsp3) is 0.400. The van der Waals surface area contributed by atoms with E-state index in [2.05, 4.69) is 106 Å². The van der Waals surface area contributed by atoms with Gasteiger partial charge in [-0.15, -0.1) is 0 Å². The van der Waals surface area contributed by atoms with Gasteiger partial charge in [-0.25, -0.2) is 0 Å². The summed E-state index contributed by atoms with van der Waals surface area (Å²) in [6.07, 6.45) is -15.6. The minimum Gasteiger partial charge on any atom is -0.192 e. The minimum absolute atomic E-state index is 0.0497. The first kappa shape index (κ1) is 41.9. The van der Waals surface area contributed by atoms with E-state index in [0.29, 0.717) is 0 Å². The molecule has 19 heteroatoms. The molecule has 0 aromatic heterocycles. The molecule has 0 bridgehead atoms. The Morgan fingerprint density at radius 3 is 0.816 bits per heavy atom. The van der Waals surface area contributed by atoms with Gasteiger partial charge in [0.05, 0.1) is 10.9 Å². The third-order valence-corrected chi connectivity index (χ3v) is 8.83. The summed E-state index contributed by atoms with van der Waals surface area (Å²) in [5, 5.41) is 0. The molecule has 0 aliphatic carbocycles. The smallest absolute Gasteiger partial charge is 0.192 e. The molecule has 0 saturated carbocycles. The van der Waals surface area contributed by atoms with Crippen LogP contribution in [0.25, 0.3) is 0 Å². The maximum Gasteiger partial charge on any atom is 0.460 e. The SMILES string of the molecule is CC(C)(C)c1ccc([S+](c2ccccc2)c2ccccc2)cc1.FC(F)(F)C(F)(F)C(F)(F)C(F)(F)C(F)(F)C(F)(F)C(F)(F)C(F)(F)F. The Bertz CT molecular complexity index is 1420. The summed E-state index contributed by atoms with van der Waals surface area (Å²) in [4.78, 5) is 4.10. The molecule has 0 aliphatic heterocycles. The molecule has 0 radical (unpaired) electrons. The second-order valence-electron chi connectivity index (χ2n) is 11.1. The fourth-order valence-corrected chi connectivity index (χ4v) is 5.84. The molecule has 0 unspecified atom stereocenters. The Labute approximate surface area is 269 Å². The molecule has 0 amide bonds. The van der Waals surface area contributed by atoms with Crippen LogP contribution in [0.3, 0.4) is 0 Å². The van der Waals surface area contributed by atoms with Gasteiger partial charge in [0.1, 0.15) is 0 Å². The maximum absolute atomic E-state index is 12.8. The minimum atomic E-state index is -8.72. The van der Waals surface area contributed by atoms with Gasteiger partial charge in [-0.1, -0.05) is 69.3 Å². The van der Waals surface area contributed by atoms with Crippen molar-refractivity contribution in [3.8, 4) is 0 Å². The molecule has 0 spiro atoms. The highest BCUT2D eigenvalue weighted by Gasteiger charge is 2.95. The molecular formula is C30H23F18S+. The summed E-state index contributed by atoms with van der Waals surface area (Å²) in [5.41, 5.74) is 1.57. The van der Waals surface area contributed by atoms with Crippen molar-refractivity contribution in [3.63, 3.8) is 0 Å². The van der Waals surface area contributed by atoms with Crippen molar-refractivity contribution >= 4 is 10.9 Å². The third kappa shape index (κ3) is 7.60. The Hall–Kier alpha value is -3.25. The van der Waals surface area contributed by atoms with Gasteiger partial charge in [0.25, 0.3) is 0 Å². The van der Waals surface area contributed by atoms with Crippen LogP contribution in [0.15, 0.2) is 99.6 Å². The van der Waals surface area contributed by atoms with Crippen LogP contribution in [-0.2, 0) is 16.3 Å². The number of hydrogen-bond donors (Lipinski definition) is 0. The largest absolute Gasteiger partial charge is 0.460 e. The van der Waals surface area contributed by atoms with Crippen molar-refractivity contribution < 1.29 is 79.0 Å². The monoisotopic (exact) mass is 757 g/mol. The lowest BCUT2D eigenvalue weighted by Crippen LogP contribution is -2.74. The number of hydrogen-bond acceptors (Lipinski definition) is 0. The van der Waals surface area contributed by atoms with Crippen molar-refractivity contribution in [2.45, 2.75) is 88.8 Å². The molecule has 0 nitrogen and oxygen atoms in total. The van der Waals surface area contributed by atoms with Gasteiger partial charge in [0.15, 0.2) is 14.7 Å². The van der Waals surface area contributed by atoms with E-state index in [1.54, 1.807) is 0 Å². The molecule has 3 aromatic carbocycles. The second kappa shape index (κ2) is 13.5. The predicted molar refractivity (Wildman–Crippen MR) is 142 cm³/mol. The van der Waals surface area contributed by atoms with E-state index in [0.717, 1.165) is 0 Å². The van der Waals surface area contributed by atoms with E-state index in [-0.39, 0.29) is 16.3 Å². The summed E-state index contributed by atoms with van der Waals surface area (Å²) in [7, 11) is -0.0497. The van der Waals surface area contributed by atoms with Crippen LogP contribution in [-0.4, -0.2) is 47.9 Å². The fourth-order valence-electron chi connectivity index (χ4n) is 3.76. The highest BCUT2D eigenvalue weighted by molar-refractivity contribution is 7.97. The quantitative estimate of drug-likeness (QED) is 0.159. The number of alkyl halides is 18. The zero-order valence-corrected chi connectivity index (χ0v) is 25.6. The zero-order chi connectivity index (χ0) is 38.3. The first-order valence-corrected chi connectivity index (χ1v) is 14.4. The molecule has 3 aromatic rings. The Morgan fingerprint density at radius 2 is 0.571 bits per heavy atom. The van der Waals surface area contributed by atoms with Gasteiger partial charge in [0.2, 0.25) is 0 Å². The highest BCUT2D eigenvalue weighted by atomic mass is 32.2. The van der Waals surface area contributed by atoms with E-state index in [1.165, 1.54) is 20.2 Å². The van der Waals surface area contributed by atoms with Crippen molar-refractivity contribution in [1.29, 1.82) is 0 Å². The van der Waals surface area contributed by atoms with Crippen LogP contribution in [0.2, 0.25) is 0 Å². The number of rotatable bonds is 8. The van der Waals surface area contributed by atoms with Crippen molar-refractivity contribution in [2.75, 3.05) is 0 Å². The van der Waals surface area contributed by atoms with Crippen LogP contribution in [0.5, 0.6) is 0 Å². The number of halogens is 18. The summed E-state index contributed by atoms with van der Waals surface area (Å²) < 4.78 is 221. The average molecular weight is 758 g/mol. The van der Waals surface area contributed by atoms with Crippen molar-refractivity contribution in [2.24, 2.45) is 0 Å². The van der Waals surface area contributed by atoms with E-state index >= 15 is 0 Å².